The molecule has 0 unspecified atom stereocenters. The Morgan fingerprint density at radius 1 is 1.00 bits per heavy atom. The largest absolute Gasteiger partial charge is 0.337 e. The molecule has 0 fully saturated rings. The second-order valence-corrected chi connectivity index (χ2v) is 5.40. The third-order valence-electron chi connectivity index (χ3n) is 3.02. The Labute approximate surface area is 121 Å². The van der Waals surface area contributed by atoms with Crippen molar-refractivity contribution in [2.45, 2.75) is 6.54 Å². The highest BCUT2D eigenvalue weighted by Gasteiger charge is 2.15. The van der Waals surface area contributed by atoms with Crippen LogP contribution in [0.2, 0.25) is 0 Å². The van der Waals surface area contributed by atoms with Gasteiger partial charge in [0.2, 0.25) is 0 Å². The van der Waals surface area contributed by atoms with Gasteiger partial charge in [0, 0.05) is 11.0 Å². The maximum absolute atomic E-state index is 4.43. The molecule has 0 atom stereocenters. The molecule has 3 rings (SSSR count). The summed E-state index contributed by atoms with van der Waals surface area (Å²) in [6, 6.07) is 18.6. The Kier molecular flexibility index (Phi) is 3.51. The van der Waals surface area contributed by atoms with Gasteiger partial charge in [0.25, 0.3) is 0 Å². The fourth-order valence-corrected chi connectivity index (χ4v) is 2.32. The van der Waals surface area contributed by atoms with Crippen LogP contribution in [0.15, 0.2) is 64.2 Å². The summed E-state index contributed by atoms with van der Waals surface area (Å²) in [4.78, 5) is 2.19. The van der Waals surface area contributed by atoms with Crippen LogP contribution in [0.25, 0.3) is 0 Å². The Bertz CT molecular complexity index is 566. The molecule has 0 saturated heterocycles. The molecule has 3 nitrogen and oxygen atoms in total. The van der Waals surface area contributed by atoms with Crippen molar-refractivity contribution in [3.63, 3.8) is 0 Å². The SMILES string of the molecule is Brc1ccc(N2CN(Cc3ccccc3)C=N2)cc1. The van der Waals surface area contributed by atoms with Gasteiger partial charge >= 0.3 is 0 Å². The predicted octanol–water partition coefficient (Wildman–Crippen LogP) is 3.67. The molecule has 0 radical (unpaired) electrons. The second-order valence-electron chi connectivity index (χ2n) is 4.48. The first-order valence-corrected chi connectivity index (χ1v) is 6.96. The Morgan fingerprint density at radius 2 is 1.74 bits per heavy atom. The van der Waals surface area contributed by atoms with Crippen LogP contribution in [0.3, 0.4) is 0 Å². The number of hydrogen-bond acceptors (Lipinski definition) is 3. The zero-order chi connectivity index (χ0) is 13.1. The summed E-state index contributed by atoms with van der Waals surface area (Å²) in [5.41, 5.74) is 2.40. The van der Waals surface area contributed by atoms with Gasteiger partial charge < -0.3 is 4.90 Å². The van der Waals surface area contributed by atoms with E-state index in [1.165, 1.54) is 5.56 Å². The first-order valence-electron chi connectivity index (χ1n) is 6.16. The fourth-order valence-electron chi connectivity index (χ4n) is 2.05. The monoisotopic (exact) mass is 315 g/mol. The smallest absolute Gasteiger partial charge is 0.114 e. The highest BCUT2D eigenvalue weighted by Crippen LogP contribution is 2.21. The molecule has 96 valence electrons. The summed E-state index contributed by atoms with van der Waals surface area (Å²) >= 11 is 3.44. The van der Waals surface area contributed by atoms with Crippen molar-refractivity contribution in [1.29, 1.82) is 0 Å². The minimum Gasteiger partial charge on any atom is -0.337 e. The summed E-state index contributed by atoms with van der Waals surface area (Å²) in [7, 11) is 0. The van der Waals surface area contributed by atoms with Crippen molar-refractivity contribution in [2.24, 2.45) is 5.10 Å². The van der Waals surface area contributed by atoms with Crippen molar-refractivity contribution in [2.75, 3.05) is 11.7 Å². The van der Waals surface area contributed by atoms with Gasteiger partial charge in [-0.1, -0.05) is 46.3 Å². The molecule has 19 heavy (non-hydrogen) atoms. The van der Waals surface area contributed by atoms with Crippen LogP contribution in [-0.4, -0.2) is 17.9 Å². The van der Waals surface area contributed by atoms with E-state index in [1.54, 1.807) is 0 Å². The molecule has 2 aromatic carbocycles. The lowest BCUT2D eigenvalue weighted by atomic mass is 10.2. The molecule has 1 aliphatic rings. The summed E-state index contributed by atoms with van der Waals surface area (Å²) in [5.74, 6) is 0. The maximum atomic E-state index is 4.43. The molecular formula is C15H14BrN3. The lowest BCUT2D eigenvalue weighted by Gasteiger charge is -2.19. The third kappa shape index (κ3) is 2.96. The van der Waals surface area contributed by atoms with E-state index in [9.17, 15) is 0 Å². The molecule has 1 heterocycles. The van der Waals surface area contributed by atoms with E-state index in [4.69, 9.17) is 0 Å². The van der Waals surface area contributed by atoms with E-state index in [-0.39, 0.29) is 0 Å². The van der Waals surface area contributed by atoms with Gasteiger partial charge in [-0.2, -0.15) is 5.10 Å². The van der Waals surface area contributed by atoms with Gasteiger partial charge in [0.05, 0.1) is 5.69 Å². The summed E-state index contributed by atoms with van der Waals surface area (Å²) in [5, 5.41) is 6.43. The molecule has 0 saturated carbocycles. The van der Waals surface area contributed by atoms with Crippen molar-refractivity contribution < 1.29 is 0 Å². The zero-order valence-electron chi connectivity index (χ0n) is 10.4. The highest BCUT2D eigenvalue weighted by atomic mass is 79.9. The molecule has 0 N–H and O–H groups in total. The van der Waals surface area contributed by atoms with Crippen molar-refractivity contribution in [3.8, 4) is 0 Å². The topological polar surface area (TPSA) is 18.8 Å². The van der Waals surface area contributed by atoms with Crippen LogP contribution in [0, 0.1) is 0 Å². The Balaban J connectivity index is 1.65. The van der Waals surface area contributed by atoms with Crippen LogP contribution in [0.5, 0.6) is 0 Å². The number of rotatable bonds is 3. The molecule has 0 spiro atoms. The van der Waals surface area contributed by atoms with Crippen molar-refractivity contribution in [1.82, 2.24) is 4.90 Å². The molecule has 4 heteroatoms. The van der Waals surface area contributed by atoms with Gasteiger partial charge in [-0.3, -0.25) is 0 Å². The van der Waals surface area contributed by atoms with E-state index >= 15 is 0 Å². The van der Waals surface area contributed by atoms with Gasteiger partial charge in [-0.15, -0.1) is 0 Å². The van der Waals surface area contributed by atoms with E-state index in [1.807, 2.05) is 29.5 Å². The van der Waals surface area contributed by atoms with Gasteiger partial charge in [-0.05, 0) is 29.8 Å². The first kappa shape index (κ1) is 12.2. The van der Waals surface area contributed by atoms with Crippen LogP contribution < -0.4 is 5.01 Å². The number of anilines is 1. The predicted molar refractivity (Wildman–Crippen MR) is 82.0 cm³/mol. The normalized spacial score (nSPS) is 14.2. The van der Waals surface area contributed by atoms with Gasteiger partial charge in [-0.25, -0.2) is 5.01 Å². The lowest BCUT2D eigenvalue weighted by Crippen LogP contribution is -2.26. The average molecular weight is 316 g/mol. The molecule has 0 amide bonds. The third-order valence-corrected chi connectivity index (χ3v) is 3.55. The highest BCUT2D eigenvalue weighted by molar-refractivity contribution is 9.10. The first-order chi connectivity index (χ1) is 9.31. The van der Waals surface area contributed by atoms with Gasteiger partial charge in [0.15, 0.2) is 0 Å². The molecule has 0 bridgehead atoms. The van der Waals surface area contributed by atoms with Crippen molar-refractivity contribution in [3.05, 3.63) is 64.6 Å². The number of hydrazone groups is 1. The van der Waals surface area contributed by atoms with Gasteiger partial charge in [0.1, 0.15) is 13.0 Å². The molecular weight excluding hydrogens is 302 g/mol. The Hall–Kier alpha value is -1.81. The number of benzene rings is 2. The van der Waals surface area contributed by atoms with E-state index < -0.39 is 0 Å². The number of hydrogen-bond donors (Lipinski definition) is 0. The maximum Gasteiger partial charge on any atom is 0.114 e. The standard InChI is InChI=1S/C15H14BrN3/c16-14-6-8-15(9-7-14)19-12-18(11-17-19)10-13-4-2-1-3-5-13/h1-9,11H,10,12H2. The quantitative estimate of drug-likeness (QED) is 0.860. The summed E-state index contributed by atoms with van der Waals surface area (Å²) in [6.07, 6.45) is 1.90. The van der Waals surface area contributed by atoms with Crippen LogP contribution in [0.1, 0.15) is 5.56 Å². The second kappa shape index (κ2) is 5.45. The van der Waals surface area contributed by atoms with E-state index in [2.05, 4.69) is 62.3 Å². The Morgan fingerprint density at radius 3 is 2.47 bits per heavy atom. The minimum atomic E-state index is 0.788. The van der Waals surface area contributed by atoms with Crippen LogP contribution >= 0.6 is 15.9 Å². The molecule has 0 aliphatic carbocycles. The fraction of sp³-hybridized carbons (Fsp3) is 0.133. The lowest BCUT2D eigenvalue weighted by molar-refractivity contribution is 0.451. The van der Waals surface area contributed by atoms with Crippen LogP contribution in [-0.2, 0) is 6.54 Å². The number of nitrogens with zero attached hydrogens (tertiary/aromatic N) is 3. The molecule has 0 aromatic heterocycles. The molecule has 1 aliphatic heterocycles. The zero-order valence-corrected chi connectivity index (χ0v) is 12.0. The molecule has 2 aromatic rings. The summed E-state index contributed by atoms with van der Waals surface area (Å²) < 4.78 is 1.08. The average Bonchev–Trinajstić information content (AvgIpc) is 2.89. The van der Waals surface area contributed by atoms with E-state index in [0.29, 0.717) is 0 Å². The minimum absolute atomic E-state index is 0.788. The van der Waals surface area contributed by atoms with Crippen molar-refractivity contribution >= 4 is 28.0 Å². The number of halogens is 1. The van der Waals surface area contributed by atoms with Crippen LogP contribution in [0.4, 0.5) is 5.69 Å². The van der Waals surface area contributed by atoms with E-state index in [0.717, 1.165) is 23.4 Å². The summed E-state index contributed by atoms with van der Waals surface area (Å²) in [6.45, 7) is 1.67.